The summed E-state index contributed by atoms with van der Waals surface area (Å²) in [6.07, 6.45) is 2.45. The number of fused-ring (bicyclic) bond motifs is 1. The molecule has 0 N–H and O–H groups in total. The molecular formula is C7H3INO. The molecule has 0 saturated heterocycles. The third-order valence-corrected chi connectivity index (χ3v) is 2.13. The Hall–Kier alpha value is -0.580. The minimum atomic E-state index is 0.798. The second kappa shape index (κ2) is 2.23. The number of aromatic nitrogens is 1. The van der Waals surface area contributed by atoms with Gasteiger partial charge in [0.05, 0.1) is 0 Å². The fraction of sp³-hybridized carbons (Fsp3) is 0. The highest BCUT2D eigenvalue weighted by atomic mass is 127. The largest absolute Gasteiger partial charge is 0.432 e. The van der Waals surface area contributed by atoms with Gasteiger partial charge in [-0.3, -0.25) is 0 Å². The summed E-state index contributed by atoms with van der Waals surface area (Å²) in [6.45, 7) is 0. The Labute approximate surface area is 71.4 Å². The van der Waals surface area contributed by atoms with Gasteiger partial charge in [0, 0.05) is 3.57 Å². The summed E-state index contributed by atoms with van der Waals surface area (Å²) in [6, 6.07) is 5.80. The highest BCUT2D eigenvalue weighted by Gasteiger charge is 1.99. The molecule has 0 saturated carbocycles. The monoisotopic (exact) mass is 244 g/mol. The van der Waals surface area contributed by atoms with Crippen LogP contribution in [0.1, 0.15) is 0 Å². The van der Waals surface area contributed by atoms with Crippen LogP contribution in [-0.2, 0) is 0 Å². The second-order valence-electron chi connectivity index (χ2n) is 1.89. The van der Waals surface area contributed by atoms with E-state index in [1.807, 2.05) is 18.2 Å². The number of hydrogen-bond acceptors (Lipinski definition) is 2. The molecule has 0 bridgehead atoms. The van der Waals surface area contributed by atoms with Gasteiger partial charge >= 0.3 is 0 Å². The maximum absolute atomic E-state index is 4.96. The minimum absolute atomic E-state index is 0.798. The van der Waals surface area contributed by atoms with Crippen molar-refractivity contribution in [1.29, 1.82) is 0 Å². The van der Waals surface area contributed by atoms with Crippen molar-refractivity contribution in [2.45, 2.75) is 0 Å². The number of hydrogen-bond donors (Lipinski definition) is 0. The van der Waals surface area contributed by atoms with Crippen molar-refractivity contribution in [1.82, 2.24) is 4.98 Å². The van der Waals surface area contributed by atoms with Crippen LogP contribution in [-0.4, -0.2) is 4.98 Å². The maximum Gasteiger partial charge on any atom is 0.284 e. The van der Waals surface area contributed by atoms with Crippen LogP contribution in [0, 0.1) is 9.96 Å². The molecule has 2 aromatic rings. The first-order valence-electron chi connectivity index (χ1n) is 2.79. The number of para-hydroxylation sites is 1. The smallest absolute Gasteiger partial charge is 0.284 e. The molecular weight excluding hydrogens is 241 g/mol. The molecule has 0 spiro atoms. The third kappa shape index (κ3) is 0.811. The van der Waals surface area contributed by atoms with E-state index < -0.39 is 0 Å². The summed E-state index contributed by atoms with van der Waals surface area (Å²) in [5.74, 6) is 0. The van der Waals surface area contributed by atoms with Crippen LogP contribution >= 0.6 is 22.6 Å². The molecule has 1 aromatic carbocycles. The Balaban J connectivity index is 2.95. The average molecular weight is 244 g/mol. The predicted molar refractivity (Wildman–Crippen MR) is 45.6 cm³/mol. The molecule has 0 atom stereocenters. The van der Waals surface area contributed by atoms with Crippen LogP contribution in [0.25, 0.3) is 11.1 Å². The van der Waals surface area contributed by atoms with Gasteiger partial charge in [-0.05, 0) is 34.7 Å². The van der Waals surface area contributed by atoms with E-state index in [0.717, 1.165) is 14.7 Å². The molecule has 1 aromatic heterocycles. The SMILES string of the molecule is Ic1cccc2o[c]nc12. The lowest BCUT2D eigenvalue weighted by Crippen LogP contribution is -1.71. The van der Waals surface area contributed by atoms with E-state index in [2.05, 4.69) is 34.0 Å². The zero-order valence-corrected chi connectivity index (χ0v) is 7.12. The fourth-order valence-electron chi connectivity index (χ4n) is 0.804. The Kier molecular flexibility index (Phi) is 1.37. The molecule has 2 rings (SSSR count). The topological polar surface area (TPSA) is 26.0 Å². The van der Waals surface area contributed by atoms with Gasteiger partial charge < -0.3 is 4.42 Å². The van der Waals surface area contributed by atoms with Gasteiger partial charge in [0.15, 0.2) is 5.58 Å². The number of nitrogens with zero attached hydrogens (tertiary/aromatic N) is 1. The highest BCUT2D eigenvalue weighted by molar-refractivity contribution is 14.1. The van der Waals surface area contributed by atoms with Crippen molar-refractivity contribution < 1.29 is 4.42 Å². The summed E-state index contributed by atoms with van der Waals surface area (Å²) in [4.78, 5) is 3.92. The molecule has 1 heterocycles. The Bertz CT molecular complexity index is 355. The van der Waals surface area contributed by atoms with Crippen molar-refractivity contribution in [2.24, 2.45) is 0 Å². The summed E-state index contributed by atoms with van der Waals surface area (Å²) in [7, 11) is 0. The van der Waals surface area contributed by atoms with Gasteiger partial charge in [0.2, 0.25) is 0 Å². The summed E-state index contributed by atoms with van der Waals surface area (Å²) >= 11 is 2.21. The molecule has 0 aliphatic carbocycles. The first-order chi connectivity index (χ1) is 4.88. The number of benzene rings is 1. The van der Waals surface area contributed by atoms with Crippen molar-refractivity contribution in [3.05, 3.63) is 28.2 Å². The van der Waals surface area contributed by atoms with Gasteiger partial charge in [-0.2, -0.15) is 0 Å². The maximum atomic E-state index is 4.96. The first-order valence-corrected chi connectivity index (χ1v) is 3.87. The van der Waals surface area contributed by atoms with Gasteiger partial charge in [-0.25, -0.2) is 4.98 Å². The van der Waals surface area contributed by atoms with Crippen LogP contribution in [0.15, 0.2) is 22.6 Å². The Morgan fingerprint density at radius 1 is 1.50 bits per heavy atom. The van der Waals surface area contributed by atoms with Crippen molar-refractivity contribution >= 4 is 33.7 Å². The molecule has 0 amide bonds. The van der Waals surface area contributed by atoms with Crippen LogP contribution in [0.4, 0.5) is 0 Å². The molecule has 10 heavy (non-hydrogen) atoms. The molecule has 1 radical (unpaired) electrons. The molecule has 0 unspecified atom stereocenters. The van der Waals surface area contributed by atoms with E-state index >= 15 is 0 Å². The van der Waals surface area contributed by atoms with E-state index in [1.54, 1.807) is 0 Å². The van der Waals surface area contributed by atoms with E-state index in [-0.39, 0.29) is 0 Å². The van der Waals surface area contributed by atoms with E-state index in [9.17, 15) is 0 Å². The minimum Gasteiger partial charge on any atom is -0.432 e. The lowest BCUT2D eigenvalue weighted by Gasteiger charge is -1.86. The summed E-state index contributed by atoms with van der Waals surface area (Å²) < 4.78 is 6.06. The molecule has 0 aliphatic rings. The first kappa shape index (κ1) is 6.15. The lowest BCUT2D eigenvalue weighted by molar-refractivity contribution is 0.591. The van der Waals surface area contributed by atoms with Crippen LogP contribution in [0.3, 0.4) is 0 Å². The fourth-order valence-corrected chi connectivity index (χ4v) is 1.40. The number of rotatable bonds is 0. The van der Waals surface area contributed by atoms with E-state index in [0.29, 0.717) is 0 Å². The van der Waals surface area contributed by atoms with Gasteiger partial charge in [-0.1, -0.05) is 6.07 Å². The van der Waals surface area contributed by atoms with E-state index in [4.69, 9.17) is 4.42 Å². The van der Waals surface area contributed by atoms with Crippen molar-refractivity contribution in [2.75, 3.05) is 0 Å². The Morgan fingerprint density at radius 2 is 2.40 bits per heavy atom. The second-order valence-corrected chi connectivity index (χ2v) is 3.05. The average Bonchev–Trinajstić information content (AvgIpc) is 2.36. The normalized spacial score (nSPS) is 10.5. The van der Waals surface area contributed by atoms with Crippen LogP contribution in [0.5, 0.6) is 0 Å². The molecule has 3 heteroatoms. The van der Waals surface area contributed by atoms with Crippen molar-refractivity contribution in [3.8, 4) is 0 Å². The molecule has 2 nitrogen and oxygen atoms in total. The molecule has 0 aliphatic heterocycles. The van der Waals surface area contributed by atoms with E-state index in [1.165, 1.54) is 0 Å². The van der Waals surface area contributed by atoms with Crippen molar-refractivity contribution in [3.63, 3.8) is 0 Å². The summed E-state index contributed by atoms with van der Waals surface area (Å²) in [5, 5.41) is 0. The van der Waals surface area contributed by atoms with Gasteiger partial charge in [0.25, 0.3) is 6.39 Å². The number of oxazole rings is 1. The molecule has 0 fully saturated rings. The zero-order valence-electron chi connectivity index (χ0n) is 4.97. The van der Waals surface area contributed by atoms with Gasteiger partial charge in [0.1, 0.15) is 5.52 Å². The Morgan fingerprint density at radius 3 is 3.20 bits per heavy atom. The predicted octanol–water partition coefficient (Wildman–Crippen LogP) is 2.23. The third-order valence-electron chi connectivity index (χ3n) is 1.26. The zero-order chi connectivity index (χ0) is 6.97. The summed E-state index contributed by atoms with van der Waals surface area (Å²) in [5.41, 5.74) is 1.69. The van der Waals surface area contributed by atoms with Gasteiger partial charge in [-0.15, -0.1) is 0 Å². The molecule has 49 valence electrons. The number of halogens is 1. The standard InChI is InChI=1S/C7H3INO/c8-5-2-1-3-6-7(5)9-4-10-6/h1-3H. The van der Waals surface area contributed by atoms with Crippen LogP contribution in [0.2, 0.25) is 0 Å². The van der Waals surface area contributed by atoms with Crippen LogP contribution < -0.4 is 0 Å². The quantitative estimate of drug-likeness (QED) is 0.664. The lowest BCUT2D eigenvalue weighted by atomic mass is 10.3. The highest BCUT2D eigenvalue weighted by Crippen LogP contribution is 2.17.